The van der Waals surface area contributed by atoms with E-state index in [-0.39, 0.29) is 26.4 Å². The Morgan fingerprint density at radius 1 is 0.571 bits per heavy atom. The van der Waals surface area contributed by atoms with Crippen molar-refractivity contribution in [1.82, 2.24) is 0 Å². The summed E-state index contributed by atoms with van der Waals surface area (Å²) in [7, 11) is 0. The Labute approximate surface area is 165 Å². The summed E-state index contributed by atoms with van der Waals surface area (Å²) >= 11 is 0. The van der Waals surface area contributed by atoms with E-state index in [1.54, 1.807) is 0 Å². The number of benzene rings is 2. The van der Waals surface area contributed by atoms with Gasteiger partial charge in [0.1, 0.15) is 0 Å². The highest BCUT2D eigenvalue weighted by Gasteiger charge is 2.10. The second-order valence-corrected chi connectivity index (χ2v) is 6.34. The van der Waals surface area contributed by atoms with E-state index in [1.807, 2.05) is 58.3 Å². The summed E-state index contributed by atoms with van der Waals surface area (Å²) in [6.45, 7) is 1.80. The Balaban J connectivity index is 2.12. The van der Waals surface area contributed by atoms with Crippen LogP contribution >= 0.6 is 0 Å². The number of nitrogens with zero attached hydrogens (tertiary/aromatic N) is 2. The number of aliphatic hydroxyl groups is 4. The van der Waals surface area contributed by atoms with Crippen LogP contribution in [0, 0.1) is 5.41 Å². The van der Waals surface area contributed by atoms with Crippen molar-refractivity contribution in [3.63, 3.8) is 0 Å². The number of hydrogen-bond acceptors (Lipinski definition) is 7. The van der Waals surface area contributed by atoms with Gasteiger partial charge in [-0.3, -0.25) is 5.41 Å². The highest BCUT2D eigenvalue weighted by atomic mass is 16.3. The molecule has 2 rings (SSSR count). The van der Waals surface area contributed by atoms with E-state index >= 15 is 0 Å². The van der Waals surface area contributed by atoms with Crippen molar-refractivity contribution in [3.8, 4) is 0 Å². The van der Waals surface area contributed by atoms with Crippen LogP contribution in [0.1, 0.15) is 11.1 Å². The minimum Gasteiger partial charge on any atom is -0.395 e. The molecule has 0 spiro atoms. The second kappa shape index (κ2) is 11.4. The predicted molar refractivity (Wildman–Crippen MR) is 112 cm³/mol. The molecule has 0 saturated carbocycles. The molecule has 2 aromatic rings. The van der Waals surface area contributed by atoms with Crippen molar-refractivity contribution in [2.24, 2.45) is 0 Å². The SMILES string of the molecule is N=C(c1ccc(N(CCO)CCO)cc1)c1ccc(N(CCO)CCO)cc1. The maximum atomic E-state index is 9.16. The zero-order valence-electron chi connectivity index (χ0n) is 16.0. The molecule has 0 aliphatic heterocycles. The molecule has 0 radical (unpaired) electrons. The van der Waals surface area contributed by atoms with Crippen LogP contribution < -0.4 is 9.80 Å². The van der Waals surface area contributed by atoms with Gasteiger partial charge in [0.25, 0.3) is 0 Å². The monoisotopic (exact) mass is 387 g/mol. The van der Waals surface area contributed by atoms with Gasteiger partial charge in [-0.1, -0.05) is 24.3 Å². The van der Waals surface area contributed by atoms with Crippen molar-refractivity contribution in [3.05, 3.63) is 59.7 Å². The molecular formula is C21H29N3O4. The molecule has 7 nitrogen and oxygen atoms in total. The van der Waals surface area contributed by atoms with Gasteiger partial charge in [-0.05, 0) is 24.3 Å². The van der Waals surface area contributed by atoms with Crippen molar-refractivity contribution in [1.29, 1.82) is 5.41 Å². The lowest BCUT2D eigenvalue weighted by Gasteiger charge is -2.23. The Morgan fingerprint density at radius 3 is 1.11 bits per heavy atom. The molecular weight excluding hydrogens is 358 g/mol. The molecule has 28 heavy (non-hydrogen) atoms. The van der Waals surface area contributed by atoms with E-state index < -0.39 is 0 Å². The lowest BCUT2D eigenvalue weighted by atomic mass is 10.0. The summed E-state index contributed by atoms with van der Waals surface area (Å²) in [5.41, 5.74) is 3.71. The van der Waals surface area contributed by atoms with Crippen molar-refractivity contribution >= 4 is 17.1 Å². The first-order chi connectivity index (χ1) is 13.6. The predicted octanol–water partition coefficient (Wildman–Crippen LogP) is 0.685. The molecule has 0 amide bonds. The maximum Gasteiger partial charge on any atom is 0.0684 e. The van der Waals surface area contributed by atoms with Crippen LogP contribution in [0.4, 0.5) is 11.4 Å². The van der Waals surface area contributed by atoms with Gasteiger partial charge in [0.05, 0.1) is 32.1 Å². The molecule has 0 fully saturated rings. The molecule has 0 aliphatic carbocycles. The van der Waals surface area contributed by atoms with Gasteiger partial charge in [-0.25, -0.2) is 0 Å². The van der Waals surface area contributed by atoms with Gasteiger partial charge in [-0.2, -0.15) is 0 Å². The molecule has 0 unspecified atom stereocenters. The topological polar surface area (TPSA) is 111 Å². The number of hydrogen-bond donors (Lipinski definition) is 5. The average Bonchev–Trinajstić information content (AvgIpc) is 2.73. The summed E-state index contributed by atoms with van der Waals surface area (Å²) in [4.78, 5) is 3.78. The summed E-state index contributed by atoms with van der Waals surface area (Å²) in [6, 6.07) is 15.0. The number of aliphatic hydroxyl groups excluding tert-OH is 4. The quantitative estimate of drug-likeness (QED) is 0.343. The first-order valence-electron chi connectivity index (χ1n) is 9.37. The van der Waals surface area contributed by atoms with Crippen LogP contribution in [-0.2, 0) is 0 Å². The van der Waals surface area contributed by atoms with Gasteiger partial charge in [-0.15, -0.1) is 0 Å². The van der Waals surface area contributed by atoms with E-state index in [9.17, 15) is 0 Å². The van der Waals surface area contributed by atoms with Crippen LogP contribution in [0.15, 0.2) is 48.5 Å². The highest BCUT2D eigenvalue weighted by Crippen LogP contribution is 2.20. The number of anilines is 2. The van der Waals surface area contributed by atoms with Gasteiger partial charge >= 0.3 is 0 Å². The van der Waals surface area contributed by atoms with Crippen molar-refractivity contribution in [2.75, 3.05) is 62.4 Å². The van der Waals surface area contributed by atoms with E-state index in [1.165, 1.54) is 0 Å². The minimum absolute atomic E-state index is 0.00744. The normalized spacial score (nSPS) is 10.7. The van der Waals surface area contributed by atoms with Crippen molar-refractivity contribution in [2.45, 2.75) is 0 Å². The third kappa shape index (κ3) is 5.77. The smallest absolute Gasteiger partial charge is 0.0684 e. The highest BCUT2D eigenvalue weighted by molar-refractivity contribution is 6.11. The fourth-order valence-corrected chi connectivity index (χ4v) is 3.07. The third-order valence-corrected chi connectivity index (χ3v) is 4.52. The Hall–Kier alpha value is -2.45. The third-order valence-electron chi connectivity index (χ3n) is 4.52. The lowest BCUT2D eigenvalue weighted by molar-refractivity contribution is 0.280. The van der Waals surface area contributed by atoms with Crippen LogP contribution in [0.3, 0.4) is 0 Å². The fourth-order valence-electron chi connectivity index (χ4n) is 3.07. The zero-order valence-corrected chi connectivity index (χ0v) is 16.0. The van der Waals surface area contributed by atoms with E-state index in [0.29, 0.717) is 31.9 Å². The molecule has 0 heterocycles. The molecule has 7 heteroatoms. The fraction of sp³-hybridized carbons (Fsp3) is 0.381. The van der Waals surface area contributed by atoms with E-state index in [2.05, 4.69) is 0 Å². The summed E-state index contributed by atoms with van der Waals surface area (Å²) < 4.78 is 0. The Bertz CT molecular complexity index is 646. The molecule has 0 aliphatic rings. The summed E-state index contributed by atoms with van der Waals surface area (Å²) in [5.74, 6) is 0. The maximum absolute atomic E-state index is 9.16. The van der Waals surface area contributed by atoms with Gasteiger partial charge in [0.15, 0.2) is 0 Å². The summed E-state index contributed by atoms with van der Waals surface area (Å²) in [6.07, 6.45) is 0. The second-order valence-electron chi connectivity index (χ2n) is 6.34. The first-order valence-corrected chi connectivity index (χ1v) is 9.37. The van der Waals surface area contributed by atoms with Crippen LogP contribution in [0.2, 0.25) is 0 Å². The molecule has 0 bridgehead atoms. The van der Waals surface area contributed by atoms with Crippen LogP contribution in [0.25, 0.3) is 0 Å². The first kappa shape index (κ1) is 21.8. The molecule has 0 atom stereocenters. The Morgan fingerprint density at radius 2 is 0.857 bits per heavy atom. The van der Waals surface area contributed by atoms with E-state index in [4.69, 9.17) is 25.8 Å². The van der Waals surface area contributed by atoms with Gasteiger partial charge < -0.3 is 30.2 Å². The number of nitrogens with one attached hydrogen (secondary N) is 1. The largest absolute Gasteiger partial charge is 0.395 e. The van der Waals surface area contributed by atoms with Gasteiger partial charge in [0.2, 0.25) is 0 Å². The molecule has 5 N–H and O–H groups in total. The van der Waals surface area contributed by atoms with Gasteiger partial charge in [0, 0.05) is 48.7 Å². The average molecular weight is 387 g/mol. The number of rotatable bonds is 12. The molecule has 0 aromatic heterocycles. The van der Waals surface area contributed by atoms with Crippen LogP contribution in [0.5, 0.6) is 0 Å². The lowest BCUT2D eigenvalue weighted by Crippen LogP contribution is -2.29. The standard InChI is InChI=1S/C21H29N3O4/c22-21(17-1-5-19(6-2-17)23(9-13-25)10-14-26)18-3-7-20(8-4-18)24(11-15-27)12-16-28/h1-8,22,25-28H,9-16H2. The van der Waals surface area contributed by atoms with E-state index in [0.717, 1.165) is 22.5 Å². The summed E-state index contributed by atoms with van der Waals surface area (Å²) in [5, 5.41) is 45.1. The van der Waals surface area contributed by atoms with Crippen LogP contribution in [-0.4, -0.2) is 78.7 Å². The Kier molecular flexibility index (Phi) is 8.90. The zero-order chi connectivity index (χ0) is 20.4. The minimum atomic E-state index is 0.00744. The van der Waals surface area contributed by atoms with Crippen molar-refractivity contribution < 1.29 is 20.4 Å². The molecule has 152 valence electrons. The molecule has 0 saturated heterocycles. The molecule has 2 aromatic carbocycles.